The summed E-state index contributed by atoms with van der Waals surface area (Å²) in [7, 11) is 0. The van der Waals surface area contributed by atoms with E-state index in [1.54, 1.807) is 17.3 Å². The van der Waals surface area contributed by atoms with Gasteiger partial charge in [0.05, 0.1) is 18.4 Å². The predicted molar refractivity (Wildman–Crippen MR) is 110 cm³/mol. The fourth-order valence-corrected chi connectivity index (χ4v) is 4.83. The highest BCUT2D eigenvalue weighted by Crippen LogP contribution is 2.38. The van der Waals surface area contributed by atoms with Gasteiger partial charge in [0, 0.05) is 30.6 Å². The van der Waals surface area contributed by atoms with E-state index in [9.17, 15) is 9.59 Å². The molecular weight excluding hydrogens is 368 g/mol. The van der Waals surface area contributed by atoms with Crippen LogP contribution in [0.5, 0.6) is 0 Å². The van der Waals surface area contributed by atoms with Crippen LogP contribution < -0.4 is 4.90 Å². The Labute approximate surface area is 172 Å². The molecule has 4 rings (SSSR count). The van der Waals surface area contributed by atoms with Gasteiger partial charge < -0.3 is 9.64 Å². The minimum atomic E-state index is -0.386. The number of ether oxygens (including phenoxy) is 1. The summed E-state index contributed by atoms with van der Waals surface area (Å²) in [6, 6.07) is 0. The van der Waals surface area contributed by atoms with Gasteiger partial charge >= 0.3 is 6.09 Å². The van der Waals surface area contributed by atoms with Crippen molar-refractivity contribution in [1.29, 1.82) is 0 Å². The second-order valence-corrected chi connectivity index (χ2v) is 9.84. The normalized spacial score (nSPS) is 24.7. The van der Waals surface area contributed by atoms with Crippen LogP contribution in [-0.4, -0.2) is 52.1 Å². The van der Waals surface area contributed by atoms with Gasteiger partial charge in [-0.05, 0) is 38.5 Å². The number of amides is 2. The van der Waals surface area contributed by atoms with Crippen molar-refractivity contribution >= 4 is 17.8 Å². The predicted octanol–water partition coefficient (Wildman–Crippen LogP) is 3.89. The summed E-state index contributed by atoms with van der Waals surface area (Å²) in [5.41, 5.74) is 0.114. The molecule has 0 unspecified atom stereocenters. The number of piperidine rings is 1. The lowest BCUT2D eigenvalue weighted by molar-refractivity contribution is -0.140. The number of hydrogen-bond donors (Lipinski definition) is 0. The summed E-state index contributed by atoms with van der Waals surface area (Å²) >= 11 is 0. The number of rotatable bonds is 2. The third-order valence-electron chi connectivity index (χ3n) is 6.42. The molecule has 3 fully saturated rings. The molecular formula is C22H32N4O3. The van der Waals surface area contributed by atoms with Gasteiger partial charge in [0.25, 0.3) is 0 Å². The summed E-state index contributed by atoms with van der Waals surface area (Å²) in [6.07, 6.45) is 10.3. The van der Waals surface area contributed by atoms with E-state index in [0.29, 0.717) is 18.9 Å². The SMILES string of the molecule is CC(C)(C)C(=O)N1CCC[C@@H](c2cncc(N3CC4(CCCCC4)OC3=O)n2)C1. The van der Waals surface area contributed by atoms with E-state index in [0.717, 1.165) is 50.8 Å². The number of nitrogens with zero attached hydrogens (tertiary/aromatic N) is 4. The molecule has 2 saturated heterocycles. The molecule has 29 heavy (non-hydrogen) atoms. The van der Waals surface area contributed by atoms with E-state index in [2.05, 4.69) is 4.98 Å². The summed E-state index contributed by atoms with van der Waals surface area (Å²) in [5.74, 6) is 0.882. The van der Waals surface area contributed by atoms with Crippen molar-refractivity contribution in [3.63, 3.8) is 0 Å². The molecule has 0 aromatic carbocycles. The molecule has 3 heterocycles. The molecule has 158 valence electrons. The number of carbonyl (C=O) groups excluding carboxylic acids is 2. The highest BCUT2D eigenvalue weighted by molar-refractivity contribution is 5.89. The fourth-order valence-electron chi connectivity index (χ4n) is 4.83. The first-order valence-corrected chi connectivity index (χ1v) is 10.9. The minimum absolute atomic E-state index is 0.143. The van der Waals surface area contributed by atoms with Gasteiger partial charge in [-0.25, -0.2) is 9.78 Å². The van der Waals surface area contributed by atoms with Gasteiger partial charge in [-0.3, -0.25) is 14.7 Å². The highest BCUT2D eigenvalue weighted by Gasteiger charge is 2.46. The van der Waals surface area contributed by atoms with Crippen LogP contribution in [0.25, 0.3) is 0 Å². The van der Waals surface area contributed by atoms with E-state index in [1.807, 2.05) is 25.7 Å². The summed E-state index contributed by atoms with van der Waals surface area (Å²) in [5, 5.41) is 0. The average molecular weight is 401 g/mol. The molecule has 1 aliphatic carbocycles. The van der Waals surface area contributed by atoms with Gasteiger partial charge in [0.2, 0.25) is 5.91 Å². The Hall–Kier alpha value is -2.18. The first-order valence-electron chi connectivity index (χ1n) is 10.9. The monoisotopic (exact) mass is 400 g/mol. The maximum Gasteiger partial charge on any atom is 0.416 e. The summed E-state index contributed by atoms with van der Waals surface area (Å²) in [4.78, 5) is 38.0. The van der Waals surface area contributed by atoms with Crippen molar-refractivity contribution in [3.8, 4) is 0 Å². The molecule has 1 atom stereocenters. The fraction of sp³-hybridized carbons (Fsp3) is 0.727. The quantitative estimate of drug-likeness (QED) is 0.753. The third kappa shape index (κ3) is 4.09. The maximum absolute atomic E-state index is 12.7. The Morgan fingerprint density at radius 2 is 1.93 bits per heavy atom. The van der Waals surface area contributed by atoms with Gasteiger partial charge in [0.1, 0.15) is 5.60 Å². The van der Waals surface area contributed by atoms with Crippen LogP contribution >= 0.6 is 0 Å². The summed E-state index contributed by atoms with van der Waals surface area (Å²) < 4.78 is 5.79. The Kier molecular flexibility index (Phi) is 5.25. The molecule has 1 aromatic rings. The van der Waals surface area contributed by atoms with Crippen LogP contribution in [0, 0.1) is 5.41 Å². The first-order chi connectivity index (χ1) is 13.8. The lowest BCUT2D eigenvalue weighted by Crippen LogP contribution is -2.44. The Morgan fingerprint density at radius 3 is 2.66 bits per heavy atom. The van der Waals surface area contributed by atoms with Crippen LogP contribution in [0.2, 0.25) is 0 Å². The van der Waals surface area contributed by atoms with E-state index >= 15 is 0 Å². The molecule has 0 N–H and O–H groups in total. The van der Waals surface area contributed by atoms with Crippen molar-refractivity contribution in [1.82, 2.24) is 14.9 Å². The van der Waals surface area contributed by atoms with E-state index in [1.165, 1.54) is 6.42 Å². The molecule has 1 spiro atoms. The number of hydrogen-bond acceptors (Lipinski definition) is 5. The molecule has 1 aromatic heterocycles. The van der Waals surface area contributed by atoms with Crippen LogP contribution in [0.1, 0.15) is 77.3 Å². The number of anilines is 1. The van der Waals surface area contributed by atoms with Gasteiger partial charge in [-0.1, -0.05) is 27.2 Å². The molecule has 2 amide bonds. The van der Waals surface area contributed by atoms with Crippen LogP contribution in [0.4, 0.5) is 10.6 Å². The number of carbonyl (C=O) groups is 2. The first kappa shape index (κ1) is 20.1. The van der Waals surface area contributed by atoms with E-state index in [-0.39, 0.29) is 28.9 Å². The molecule has 2 aliphatic heterocycles. The molecule has 1 saturated carbocycles. The second kappa shape index (κ2) is 7.58. The van der Waals surface area contributed by atoms with Gasteiger partial charge in [-0.2, -0.15) is 0 Å². The lowest BCUT2D eigenvalue weighted by Gasteiger charge is -2.36. The molecule has 3 aliphatic rings. The third-order valence-corrected chi connectivity index (χ3v) is 6.42. The van der Waals surface area contributed by atoms with Crippen LogP contribution in [0.15, 0.2) is 12.4 Å². The van der Waals surface area contributed by atoms with E-state index in [4.69, 9.17) is 9.72 Å². The van der Waals surface area contributed by atoms with Crippen molar-refractivity contribution in [2.45, 2.75) is 77.2 Å². The second-order valence-electron chi connectivity index (χ2n) is 9.84. The smallest absolute Gasteiger partial charge is 0.416 e. The molecule has 0 radical (unpaired) electrons. The standard InChI is InChI=1S/C22H32N4O3/c1-21(2,3)19(27)25-11-7-8-16(14-25)17-12-23-13-18(24-17)26-15-22(29-20(26)28)9-5-4-6-10-22/h12-13,16H,4-11,14-15H2,1-3H3/t16-/m1/s1. The van der Waals surface area contributed by atoms with E-state index < -0.39 is 0 Å². The number of aromatic nitrogens is 2. The van der Waals surface area contributed by atoms with Crippen molar-refractivity contribution in [3.05, 3.63) is 18.1 Å². The molecule has 7 nitrogen and oxygen atoms in total. The minimum Gasteiger partial charge on any atom is -0.441 e. The average Bonchev–Trinajstić information content (AvgIpc) is 3.03. The Bertz CT molecular complexity index is 783. The lowest BCUT2D eigenvalue weighted by atomic mass is 9.85. The van der Waals surface area contributed by atoms with Crippen molar-refractivity contribution in [2.75, 3.05) is 24.5 Å². The zero-order valence-corrected chi connectivity index (χ0v) is 17.8. The molecule has 7 heteroatoms. The van der Waals surface area contributed by atoms with Crippen molar-refractivity contribution < 1.29 is 14.3 Å². The van der Waals surface area contributed by atoms with Crippen LogP contribution in [0.3, 0.4) is 0 Å². The largest absolute Gasteiger partial charge is 0.441 e. The maximum atomic E-state index is 12.7. The van der Waals surface area contributed by atoms with Crippen LogP contribution in [-0.2, 0) is 9.53 Å². The zero-order valence-electron chi connectivity index (χ0n) is 17.8. The topological polar surface area (TPSA) is 75.6 Å². The zero-order chi connectivity index (χ0) is 20.6. The van der Waals surface area contributed by atoms with Crippen molar-refractivity contribution in [2.24, 2.45) is 5.41 Å². The van der Waals surface area contributed by atoms with Gasteiger partial charge in [0.15, 0.2) is 5.82 Å². The summed E-state index contributed by atoms with van der Waals surface area (Å²) in [6.45, 7) is 7.88. The number of likely N-dealkylation sites (tertiary alicyclic amines) is 1. The molecule has 0 bridgehead atoms. The highest BCUT2D eigenvalue weighted by atomic mass is 16.6. The Balaban J connectivity index is 1.50. The Morgan fingerprint density at radius 1 is 1.17 bits per heavy atom. The van der Waals surface area contributed by atoms with Gasteiger partial charge in [-0.15, -0.1) is 0 Å².